The smallest absolute Gasteiger partial charge is 0.00161 e. The third-order valence-corrected chi connectivity index (χ3v) is 2.62. The lowest BCUT2D eigenvalue weighted by Gasteiger charge is -2.21. The molecular formula is C14H30N2. The Balaban J connectivity index is 3.45. The Morgan fingerprint density at radius 1 is 1.25 bits per heavy atom. The van der Waals surface area contributed by atoms with E-state index < -0.39 is 0 Å². The molecule has 0 spiro atoms. The van der Waals surface area contributed by atoms with Gasteiger partial charge in [0, 0.05) is 6.54 Å². The van der Waals surface area contributed by atoms with E-state index in [1.807, 2.05) is 6.08 Å². The van der Waals surface area contributed by atoms with E-state index in [1.165, 1.54) is 19.5 Å². The van der Waals surface area contributed by atoms with Crippen LogP contribution in [0.2, 0.25) is 0 Å². The van der Waals surface area contributed by atoms with Crippen LogP contribution < -0.4 is 5.32 Å². The van der Waals surface area contributed by atoms with E-state index in [2.05, 4.69) is 44.6 Å². The highest BCUT2D eigenvalue weighted by atomic mass is 15.1. The molecule has 0 fully saturated rings. The molecule has 0 amide bonds. The molecule has 96 valence electrons. The fraction of sp³-hybridized carbons (Fsp3) is 0.857. The topological polar surface area (TPSA) is 15.3 Å². The second kappa shape index (κ2) is 9.86. The lowest BCUT2D eigenvalue weighted by atomic mass is 10.1. The first-order valence-corrected chi connectivity index (χ1v) is 6.56. The lowest BCUT2D eigenvalue weighted by molar-refractivity contribution is 0.277. The van der Waals surface area contributed by atoms with Crippen LogP contribution in [0, 0.1) is 11.8 Å². The van der Waals surface area contributed by atoms with Crippen LogP contribution in [0.3, 0.4) is 0 Å². The van der Waals surface area contributed by atoms with Gasteiger partial charge in [-0.05, 0) is 51.4 Å². The molecule has 2 heteroatoms. The predicted molar refractivity (Wildman–Crippen MR) is 73.8 cm³/mol. The first-order valence-electron chi connectivity index (χ1n) is 6.56. The van der Waals surface area contributed by atoms with Crippen molar-refractivity contribution < 1.29 is 0 Å². The van der Waals surface area contributed by atoms with Gasteiger partial charge in [0.15, 0.2) is 0 Å². The Bertz CT molecular complexity index is 166. The van der Waals surface area contributed by atoms with E-state index in [0.29, 0.717) is 0 Å². The fourth-order valence-corrected chi connectivity index (χ4v) is 1.81. The second-order valence-corrected chi connectivity index (χ2v) is 5.35. The van der Waals surface area contributed by atoms with Crippen LogP contribution in [0.25, 0.3) is 0 Å². The zero-order valence-electron chi connectivity index (χ0n) is 11.6. The summed E-state index contributed by atoms with van der Waals surface area (Å²) in [6, 6.07) is 0. The van der Waals surface area contributed by atoms with Gasteiger partial charge in [-0.15, -0.1) is 6.58 Å². The molecule has 0 aliphatic rings. The SMILES string of the molecule is C=CCCCN(C)CC(C)CNCC(C)C. The molecular weight excluding hydrogens is 196 g/mol. The lowest BCUT2D eigenvalue weighted by Crippen LogP contribution is -2.32. The fourth-order valence-electron chi connectivity index (χ4n) is 1.81. The van der Waals surface area contributed by atoms with Crippen molar-refractivity contribution in [2.75, 3.05) is 33.2 Å². The minimum absolute atomic E-state index is 0.729. The molecule has 16 heavy (non-hydrogen) atoms. The van der Waals surface area contributed by atoms with Crippen molar-refractivity contribution in [3.05, 3.63) is 12.7 Å². The van der Waals surface area contributed by atoms with Gasteiger partial charge < -0.3 is 10.2 Å². The Morgan fingerprint density at radius 3 is 2.50 bits per heavy atom. The largest absolute Gasteiger partial charge is 0.316 e. The van der Waals surface area contributed by atoms with Crippen LogP contribution in [0.5, 0.6) is 0 Å². The summed E-state index contributed by atoms with van der Waals surface area (Å²) >= 11 is 0. The molecule has 0 rings (SSSR count). The maximum atomic E-state index is 3.75. The summed E-state index contributed by atoms with van der Waals surface area (Å²) in [5.74, 6) is 1.48. The van der Waals surface area contributed by atoms with Gasteiger partial charge in [-0.25, -0.2) is 0 Å². The van der Waals surface area contributed by atoms with Crippen LogP contribution in [-0.4, -0.2) is 38.1 Å². The van der Waals surface area contributed by atoms with E-state index in [-0.39, 0.29) is 0 Å². The van der Waals surface area contributed by atoms with Gasteiger partial charge in [-0.2, -0.15) is 0 Å². The Kier molecular flexibility index (Phi) is 9.65. The van der Waals surface area contributed by atoms with Crippen LogP contribution in [-0.2, 0) is 0 Å². The third kappa shape index (κ3) is 10.2. The number of rotatable bonds is 10. The molecule has 0 saturated carbocycles. The maximum absolute atomic E-state index is 3.75. The summed E-state index contributed by atoms with van der Waals surface area (Å²) < 4.78 is 0. The molecule has 0 bridgehead atoms. The highest BCUT2D eigenvalue weighted by Crippen LogP contribution is 2.00. The Hall–Kier alpha value is -0.340. The van der Waals surface area contributed by atoms with Crippen molar-refractivity contribution in [2.45, 2.75) is 33.6 Å². The van der Waals surface area contributed by atoms with Gasteiger partial charge in [0.25, 0.3) is 0 Å². The molecule has 0 aromatic heterocycles. The van der Waals surface area contributed by atoms with Gasteiger partial charge >= 0.3 is 0 Å². The third-order valence-electron chi connectivity index (χ3n) is 2.62. The Labute approximate surface area is 102 Å². The number of unbranched alkanes of at least 4 members (excludes halogenated alkanes) is 1. The molecule has 0 radical (unpaired) electrons. The average Bonchev–Trinajstić information content (AvgIpc) is 2.17. The van der Waals surface area contributed by atoms with E-state index in [9.17, 15) is 0 Å². The summed E-state index contributed by atoms with van der Waals surface area (Å²) in [7, 11) is 2.21. The minimum atomic E-state index is 0.729. The molecule has 0 aromatic carbocycles. The molecule has 2 nitrogen and oxygen atoms in total. The van der Waals surface area contributed by atoms with Crippen molar-refractivity contribution >= 4 is 0 Å². The average molecular weight is 226 g/mol. The number of nitrogens with zero attached hydrogens (tertiary/aromatic N) is 1. The highest BCUT2D eigenvalue weighted by Gasteiger charge is 2.05. The van der Waals surface area contributed by atoms with Crippen molar-refractivity contribution in [2.24, 2.45) is 11.8 Å². The number of hydrogen-bond acceptors (Lipinski definition) is 2. The monoisotopic (exact) mass is 226 g/mol. The first-order chi connectivity index (χ1) is 7.56. The standard InChI is InChI=1S/C14H30N2/c1-6-7-8-9-16(5)12-14(4)11-15-10-13(2)3/h6,13-15H,1,7-12H2,2-5H3. The molecule has 0 heterocycles. The molecule has 1 atom stereocenters. The Morgan fingerprint density at radius 2 is 1.94 bits per heavy atom. The molecule has 0 saturated heterocycles. The van der Waals surface area contributed by atoms with Crippen molar-refractivity contribution in [3.8, 4) is 0 Å². The van der Waals surface area contributed by atoms with Gasteiger partial charge in [0.05, 0.1) is 0 Å². The zero-order valence-corrected chi connectivity index (χ0v) is 11.6. The number of hydrogen-bond donors (Lipinski definition) is 1. The number of allylic oxidation sites excluding steroid dienone is 1. The summed E-state index contributed by atoms with van der Waals surface area (Å²) in [5, 5.41) is 3.51. The first kappa shape index (κ1) is 15.7. The van der Waals surface area contributed by atoms with E-state index >= 15 is 0 Å². The van der Waals surface area contributed by atoms with Crippen LogP contribution in [0.4, 0.5) is 0 Å². The van der Waals surface area contributed by atoms with Crippen LogP contribution in [0.15, 0.2) is 12.7 Å². The zero-order chi connectivity index (χ0) is 12.4. The van der Waals surface area contributed by atoms with Gasteiger partial charge in [-0.3, -0.25) is 0 Å². The van der Waals surface area contributed by atoms with E-state index in [0.717, 1.165) is 31.3 Å². The highest BCUT2D eigenvalue weighted by molar-refractivity contribution is 4.68. The summed E-state index contributed by atoms with van der Waals surface area (Å²) in [6.07, 6.45) is 4.36. The second-order valence-electron chi connectivity index (χ2n) is 5.35. The normalized spacial score (nSPS) is 13.4. The predicted octanol–water partition coefficient (Wildman–Crippen LogP) is 2.77. The van der Waals surface area contributed by atoms with Crippen molar-refractivity contribution in [1.29, 1.82) is 0 Å². The molecule has 0 aliphatic heterocycles. The quantitative estimate of drug-likeness (QED) is 0.455. The van der Waals surface area contributed by atoms with Crippen molar-refractivity contribution in [1.82, 2.24) is 10.2 Å². The van der Waals surface area contributed by atoms with Crippen LogP contribution >= 0.6 is 0 Å². The molecule has 0 aliphatic carbocycles. The van der Waals surface area contributed by atoms with Gasteiger partial charge in [0.1, 0.15) is 0 Å². The van der Waals surface area contributed by atoms with E-state index in [1.54, 1.807) is 0 Å². The van der Waals surface area contributed by atoms with E-state index in [4.69, 9.17) is 0 Å². The summed E-state index contributed by atoms with van der Waals surface area (Å²) in [6.45, 7) is 15.2. The summed E-state index contributed by atoms with van der Waals surface area (Å²) in [5.41, 5.74) is 0. The molecule has 1 unspecified atom stereocenters. The molecule has 0 aromatic rings. The number of nitrogens with one attached hydrogen (secondary N) is 1. The van der Waals surface area contributed by atoms with Crippen molar-refractivity contribution in [3.63, 3.8) is 0 Å². The van der Waals surface area contributed by atoms with Gasteiger partial charge in [0.2, 0.25) is 0 Å². The molecule has 1 N–H and O–H groups in total. The maximum Gasteiger partial charge on any atom is 0.00161 e. The summed E-state index contributed by atoms with van der Waals surface area (Å²) in [4.78, 5) is 2.42. The van der Waals surface area contributed by atoms with Crippen LogP contribution in [0.1, 0.15) is 33.6 Å². The van der Waals surface area contributed by atoms with Gasteiger partial charge in [-0.1, -0.05) is 26.8 Å². The minimum Gasteiger partial charge on any atom is -0.316 e.